The molecule has 0 aliphatic heterocycles. The fraction of sp³-hybridized carbons (Fsp3) is 0.417. The van der Waals surface area contributed by atoms with Crippen molar-refractivity contribution in [1.82, 2.24) is 25.5 Å². The quantitative estimate of drug-likeness (QED) is 0.828. The smallest absolute Gasteiger partial charge is 0.176 e. The van der Waals surface area contributed by atoms with E-state index in [1.54, 1.807) is 7.05 Å². The molecule has 1 aromatic carbocycles. The minimum Gasteiger partial charge on any atom is -0.310 e. The molecule has 5 nitrogen and oxygen atoms in total. The predicted molar refractivity (Wildman–Crippen MR) is 78.1 cm³/mol. The molecular weight excluding hydrogens is 341 g/mol. The SMILES string of the molecule is CCNC(Cc1nnn(C)n1)c1cccc(I)c1. The highest BCUT2D eigenvalue weighted by atomic mass is 127. The Hall–Kier alpha value is -1.02. The fourth-order valence-electron chi connectivity index (χ4n) is 1.87. The first-order chi connectivity index (χ1) is 8.69. The maximum absolute atomic E-state index is 4.23. The van der Waals surface area contributed by atoms with Gasteiger partial charge in [-0.25, -0.2) is 0 Å². The third-order valence-electron chi connectivity index (χ3n) is 2.64. The lowest BCUT2D eigenvalue weighted by Crippen LogP contribution is -2.23. The summed E-state index contributed by atoms with van der Waals surface area (Å²) in [6, 6.07) is 8.71. The molecule has 0 spiro atoms. The van der Waals surface area contributed by atoms with Crippen LogP contribution >= 0.6 is 22.6 Å². The second-order valence-electron chi connectivity index (χ2n) is 4.06. The number of hydrogen-bond donors (Lipinski definition) is 1. The third-order valence-corrected chi connectivity index (χ3v) is 3.31. The van der Waals surface area contributed by atoms with E-state index in [0.29, 0.717) is 0 Å². The molecule has 2 aromatic rings. The van der Waals surface area contributed by atoms with Crippen molar-refractivity contribution >= 4 is 22.6 Å². The van der Waals surface area contributed by atoms with E-state index < -0.39 is 0 Å². The van der Waals surface area contributed by atoms with Crippen LogP contribution in [0.25, 0.3) is 0 Å². The molecule has 6 heteroatoms. The Balaban J connectivity index is 2.17. The summed E-state index contributed by atoms with van der Waals surface area (Å²) in [5, 5.41) is 15.6. The molecule has 0 aliphatic rings. The van der Waals surface area contributed by atoms with Crippen LogP contribution in [0.15, 0.2) is 24.3 Å². The summed E-state index contributed by atoms with van der Waals surface area (Å²) in [5.74, 6) is 0.766. The third kappa shape index (κ3) is 3.49. The molecule has 1 N–H and O–H groups in total. The minimum absolute atomic E-state index is 0.230. The Bertz CT molecular complexity index is 511. The van der Waals surface area contributed by atoms with E-state index in [-0.39, 0.29) is 6.04 Å². The highest BCUT2D eigenvalue weighted by Crippen LogP contribution is 2.18. The number of rotatable bonds is 5. The van der Waals surface area contributed by atoms with Gasteiger partial charge in [0.15, 0.2) is 5.82 Å². The van der Waals surface area contributed by atoms with Crippen LogP contribution in [0.3, 0.4) is 0 Å². The van der Waals surface area contributed by atoms with E-state index in [0.717, 1.165) is 18.8 Å². The predicted octanol–water partition coefficient (Wildman–Crippen LogP) is 1.71. The van der Waals surface area contributed by atoms with Gasteiger partial charge in [-0.05, 0) is 52.0 Å². The first kappa shape index (κ1) is 13.4. The number of benzene rings is 1. The molecule has 0 fully saturated rings. The van der Waals surface area contributed by atoms with Gasteiger partial charge >= 0.3 is 0 Å². The summed E-state index contributed by atoms with van der Waals surface area (Å²) in [6.07, 6.45) is 0.752. The Labute approximate surface area is 120 Å². The largest absolute Gasteiger partial charge is 0.310 e. The molecule has 2 rings (SSSR count). The normalized spacial score (nSPS) is 12.6. The second kappa shape index (κ2) is 6.24. The van der Waals surface area contributed by atoms with Gasteiger partial charge in [0, 0.05) is 16.0 Å². The van der Waals surface area contributed by atoms with Crippen LogP contribution in [0, 0.1) is 3.57 Å². The van der Waals surface area contributed by atoms with Crippen molar-refractivity contribution < 1.29 is 0 Å². The molecule has 0 aliphatic carbocycles. The molecule has 0 amide bonds. The molecule has 96 valence electrons. The molecule has 1 unspecified atom stereocenters. The summed E-state index contributed by atoms with van der Waals surface area (Å²) in [7, 11) is 1.78. The Morgan fingerprint density at radius 1 is 1.44 bits per heavy atom. The van der Waals surface area contributed by atoms with E-state index >= 15 is 0 Å². The molecule has 0 saturated heterocycles. The summed E-state index contributed by atoms with van der Waals surface area (Å²) in [4.78, 5) is 1.49. The van der Waals surface area contributed by atoms with Gasteiger partial charge in [0.05, 0.1) is 7.05 Å². The Morgan fingerprint density at radius 2 is 2.28 bits per heavy atom. The van der Waals surface area contributed by atoms with Crippen LogP contribution in [0.5, 0.6) is 0 Å². The Morgan fingerprint density at radius 3 is 2.89 bits per heavy atom. The molecule has 1 heterocycles. The fourth-order valence-corrected chi connectivity index (χ4v) is 2.43. The van der Waals surface area contributed by atoms with E-state index in [1.165, 1.54) is 13.9 Å². The molecule has 0 saturated carbocycles. The van der Waals surface area contributed by atoms with Crippen molar-refractivity contribution in [3.8, 4) is 0 Å². The summed E-state index contributed by atoms with van der Waals surface area (Å²) in [6.45, 7) is 3.02. The van der Waals surface area contributed by atoms with Gasteiger partial charge in [-0.15, -0.1) is 10.2 Å². The molecule has 1 aromatic heterocycles. The van der Waals surface area contributed by atoms with Crippen molar-refractivity contribution in [2.24, 2.45) is 7.05 Å². The number of tetrazole rings is 1. The van der Waals surface area contributed by atoms with Gasteiger partial charge in [0.25, 0.3) is 0 Å². The highest BCUT2D eigenvalue weighted by molar-refractivity contribution is 14.1. The minimum atomic E-state index is 0.230. The van der Waals surface area contributed by atoms with Crippen molar-refractivity contribution in [3.63, 3.8) is 0 Å². The number of nitrogens with zero attached hydrogens (tertiary/aromatic N) is 4. The zero-order valence-electron chi connectivity index (χ0n) is 10.5. The summed E-state index contributed by atoms with van der Waals surface area (Å²) in [5.41, 5.74) is 1.26. The van der Waals surface area contributed by atoms with Gasteiger partial charge in [-0.2, -0.15) is 4.80 Å². The zero-order valence-corrected chi connectivity index (χ0v) is 12.6. The van der Waals surface area contributed by atoms with E-state index in [1.807, 2.05) is 0 Å². The maximum Gasteiger partial charge on any atom is 0.176 e. The first-order valence-electron chi connectivity index (χ1n) is 5.90. The number of aromatic nitrogens is 4. The second-order valence-corrected chi connectivity index (χ2v) is 5.31. The van der Waals surface area contributed by atoms with Crippen molar-refractivity contribution in [2.45, 2.75) is 19.4 Å². The van der Waals surface area contributed by atoms with Crippen molar-refractivity contribution in [3.05, 3.63) is 39.2 Å². The van der Waals surface area contributed by atoms with Crippen LogP contribution in [0.4, 0.5) is 0 Å². The highest BCUT2D eigenvalue weighted by Gasteiger charge is 2.14. The molecular formula is C12H16IN5. The zero-order chi connectivity index (χ0) is 13.0. The van der Waals surface area contributed by atoms with Gasteiger partial charge in [-0.3, -0.25) is 0 Å². The van der Waals surface area contributed by atoms with Crippen LogP contribution in [0.1, 0.15) is 24.4 Å². The molecule has 0 radical (unpaired) electrons. The van der Waals surface area contributed by atoms with E-state index in [9.17, 15) is 0 Å². The van der Waals surface area contributed by atoms with Gasteiger partial charge in [-0.1, -0.05) is 19.1 Å². The standard InChI is InChI=1S/C12H16IN5/c1-3-14-11(8-12-15-17-18(2)16-12)9-5-4-6-10(13)7-9/h4-7,11,14H,3,8H2,1-2H3. The summed E-state index contributed by atoms with van der Waals surface area (Å²) < 4.78 is 1.24. The maximum atomic E-state index is 4.23. The summed E-state index contributed by atoms with van der Waals surface area (Å²) >= 11 is 2.33. The monoisotopic (exact) mass is 357 g/mol. The molecule has 1 atom stereocenters. The van der Waals surface area contributed by atoms with Crippen LogP contribution in [0.2, 0.25) is 0 Å². The number of likely N-dealkylation sites (N-methyl/N-ethyl adjacent to an activating group) is 1. The molecule has 18 heavy (non-hydrogen) atoms. The number of halogens is 1. The number of aryl methyl sites for hydroxylation is 1. The van der Waals surface area contributed by atoms with E-state index in [4.69, 9.17) is 0 Å². The lowest BCUT2D eigenvalue weighted by atomic mass is 10.0. The van der Waals surface area contributed by atoms with Crippen LogP contribution < -0.4 is 5.32 Å². The average molecular weight is 357 g/mol. The van der Waals surface area contributed by atoms with Crippen molar-refractivity contribution in [1.29, 1.82) is 0 Å². The van der Waals surface area contributed by atoms with Crippen LogP contribution in [-0.2, 0) is 13.5 Å². The van der Waals surface area contributed by atoms with Gasteiger partial charge < -0.3 is 5.32 Å². The van der Waals surface area contributed by atoms with Gasteiger partial charge in [0.1, 0.15) is 0 Å². The first-order valence-corrected chi connectivity index (χ1v) is 6.98. The number of hydrogen-bond acceptors (Lipinski definition) is 4. The van der Waals surface area contributed by atoms with Crippen LogP contribution in [-0.4, -0.2) is 26.8 Å². The van der Waals surface area contributed by atoms with Crippen molar-refractivity contribution in [2.75, 3.05) is 6.54 Å². The lowest BCUT2D eigenvalue weighted by molar-refractivity contribution is 0.534. The molecule has 0 bridgehead atoms. The Kier molecular flexibility index (Phi) is 4.65. The topological polar surface area (TPSA) is 55.6 Å². The average Bonchev–Trinajstić information content (AvgIpc) is 2.74. The van der Waals surface area contributed by atoms with E-state index in [2.05, 4.69) is 74.5 Å². The number of nitrogens with one attached hydrogen (secondary N) is 1. The lowest BCUT2D eigenvalue weighted by Gasteiger charge is -2.16. The van der Waals surface area contributed by atoms with Gasteiger partial charge in [0.2, 0.25) is 0 Å².